The lowest BCUT2D eigenvalue weighted by molar-refractivity contribution is 1.11. The number of aromatic nitrogens is 4. The van der Waals surface area contributed by atoms with Gasteiger partial charge in [-0.1, -0.05) is 0 Å². The van der Waals surface area contributed by atoms with Crippen molar-refractivity contribution in [1.29, 1.82) is 0 Å². The second kappa shape index (κ2) is 3.86. The number of fused-ring (bicyclic) bond motifs is 1. The van der Waals surface area contributed by atoms with E-state index in [-0.39, 0.29) is 0 Å². The Morgan fingerprint density at radius 2 is 2.00 bits per heavy atom. The van der Waals surface area contributed by atoms with Crippen LogP contribution in [0.2, 0.25) is 0 Å². The molecule has 0 saturated carbocycles. The van der Waals surface area contributed by atoms with Gasteiger partial charge >= 0.3 is 0 Å². The van der Waals surface area contributed by atoms with Crippen molar-refractivity contribution in [2.45, 2.75) is 6.92 Å². The van der Waals surface area contributed by atoms with Gasteiger partial charge in [0, 0.05) is 29.7 Å². The summed E-state index contributed by atoms with van der Waals surface area (Å²) in [4.78, 5) is 15.8. The summed E-state index contributed by atoms with van der Waals surface area (Å²) in [5, 5.41) is 4.22. The summed E-state index contributed by atoms with van der Waals surface area (Å²) in [6, 6.07) is 5.74. The van der Waals surface area contributed by atoms with Gasteiger partial charge in [0.25, 0.3) is 0 Å². The lowest BCUT2D eigenvalue weighted by Crippen LogP contribution is -1.98. The van der Waals surface area contributed by atoms with E-state index in [2.05, 4.69) is 25.3 Å². The predicted molar refractivity (Wildman–Crippen MR) is 66.1 cm³/mol. The molecule has 2 N–H and O–H groups in total. The maximum absolute atomic E-state index is 4.31. The number of hydrogen-bond donors (Lipinski definition) is 2. The maximum atomic E-state index is 4.31. The topological polar surface area (TPSA) is 66.5 Å². The third-order valence-corrected chi connectivity index (χ3v) is 2.50. The average Bonchev–Trinajstić information content (AvgIpc) is 2.78. The molecule has 0 spiro atoms. The minimum atomic E-state index is 0.596. The highest BCUT2D eigenvalue weighted by atomic mass is 15.1. The molecule has 5 nitrogen and oxygen atoms in total. The smallest absolute Gasteiger partial charge is 0.227 e. The number of anilines is 2. The Bertz CT molecular complexity index is 659. The molecule has 17 heavy (non-hydrogen) atoms. The van der Waals surface area contributed by atoms with Gasteiger partial charge in [-0.2, -0.15) is 0 Å². The molecule has 0 atom stereocenters. The van der Waals surface area contributed by atoms with Crippen LogP contribution in [-0.2, 0) is 0 Å². The van der Waals surface area contributed by atoms with E-state index in [0.717, 1.165) is 22.4 Å². The molecule has 84 valence electrons. The SMILES string of the molecule is Cc1ccnc(Nc2ccnc3[nH]ccc23)n1. The van der Waals surface area contributed by atoms with E-state index < -0.39 is 0 Å². The number of nitrogens with zero attached hydrogens (tertiary/aromatic N) is 3. The van der Waals surface area contributed by atoms with Crippen molar-refractivity contribution in [3.05, 3.63) is 42.5 Å². The molecule has 3 heterocycles. The van der Waals surface area contributed by atoms with E-state index in [0.29, 0.717) is 5.95 Å². The molecule has 3 aromatic heterocycles. The van der Waals surface area contributed by atoms with Gasteiger partial charge in [-0.25, -0.2) is 15.0 Å². The van der Waals surface area contributed by atoms with E-state index >= 15 is 0 Å². The molecule has 3 rings (SSSR count). The van der Waals surface area contributed by atoms with Gasteiger partial charge in [0.05, 0.1) is 5.69 Å². The summed E-state index contributed by atoms with van der Waals surface area (Å²) in [6.45, 7) is 1.94. The number of H-pyrrole nitrogens is 1. The van der Waals surface area contributed by atoms with Gasteiger partial charge < -0.3 is 10.3 Å². The third-order valence-electron chi connectivity index (χ3n) is 2.50. The maximum Gasteiger partial charge on any atom is 0.227 e. The fourth-order valence-electron chi connectivity index (χ4n) is 1.70. The van der Waals surface area contributed by atoms with Crippen LogP contribution in [0.4, 0.5) is 11.6 Å². The van der Waals surface area contributed by atoms with E-state index in [1.165, 1.54) is 0 Å². The fourth-order valence-corrected chi connectivity index (χ4v) is 1.70. The van der Waals surface area contributed by atoms with Crippen molar-refractivity contribution in [2.75, 3.05) is 5.32 Å². The molecule has 0 aliphatic carbocycles. The molecule has 0 aliphatic rings. The second-order valence-electron chi connectivity index (χ2n) is 3.75. The van der Waals surface area contributed by atoms with Crippen LogP contribution >= 0.6 is 0 Å². The molecular formula is C12H11N5. The highest BCUT2D eigenvalue weighted by Gasteiger charge is 2.04. The Morgan fingerprint density at radius 3 is 2.88 bits per heavy atom. The Morgan fingerprint density at radius 1 is 1.12 bits per heavy atom. The Kier molecular flexibility index (Phi) is 2.22. The molecule has 0 radical (unpaired) electrons. The summed E-state index contributed by atoms with van der Waals surface area (Å²) in [7, 11) is 0. The van der Waals surface area contributed by atoms with E-state index in [1.54, 1.807) is 12.4 Å². The molecule has 0 aromatic carbocycles. The largest absolute Gasteiger partial charge is 0.346 e. The van der Waals surface area contributed by atoms with Gasteiger partial charge in [0.2, 0.25) is 5.95 Å². The standard InChI is InChI=1S/C12H11N5/c1-8-2-5-15-12(16-8)17-10-4-7-14-11-9(10)3-6-13-11/h2-7H,1H3,(H2,13,14,15,16,17). The number of aryl methyl sites for hydroxylation is 1. The van der Waals surface area contributed by atoms with Crippen molar-refractivity contribution in [3.8, 4) is 0 Å². The first-order valence-electron chi connectivity index (χ1n) is 5.32. The van der Waals surface area contributed by atoms with Gasteiger partial charge in [-0.3, -0.25) is 0 Å². The Balaban J connectivity index is 2.02. The van der Waals surface area contributed by atoms with E-state index in [1.807, 2.05) is 31.3 Å². The number of pyridine rings is 1. The fraction of sp³-hybridized carbons (Fsp3) is 0.0833. The van der Waals surface area contributed by atoms with Crippen molar-refractivity contribution in [1.82, 2.24) is 19.9 Å². The number of aromatic amines is 1. The Labute approximate surface area is 98.0 Å². The quantitative estimate of drug-likeness (QED) is 0.702. The zero-order valence-corrected chi connectivity index (χ0v) is 9.31. The average molecular weight is 225 g/mol. The molecule has 0 fully saturated rings. The molecule has 0 amide bonds. The van der Waals surface area contributed by atoms with Crippen LogP contribution in [0, 0.1) is 6.92 Å². The van der Waals surface area contributed by atoms with Crippen LogP contribution in [0.3, 0.4) is 0 Å². The normalized spacial score (nSPS) is 10.6. The molecule has 0 aliphatic heterocycles. The summed E-state index contributed by atoms with van der Waals surface area (Å²) >= 11 is 0. The minimum absolute atomic E-state index is 0.596. The second-order valence-corrected chi connectivity index (χ2v) is 3.75. The van der Waals surface area contributed by atoms with Crippen molar-refractivity contribution in [2.24, 2.45) is 0 Å². The first-order chi connectivity index (χ1) is 8.33. The van der Waals surface area contributed by atoms with Crippen LogP contribution in [0.1, 0.15) is 5.69 Å². The molecule has 5 heteroatoms. The minimum Gasteiger partial charge on any atom is -0.346 e. The van der Waals surface area contributed by atoms with Crippen LogP contribution in [0.5, 0.6) is 0 Å². The first-order valence-corrected chi connectivity index (χ1v) is 5.32. The summed E-state index contributed by atoms with van der Waals surface area (Å²) in [6.07, 6.45) is 5.34. The van der Waals surface area contributed by atoms with Crippen LogP contribution in [0.25, 0.3) is 11.0 Å². The van der Waals surface area contributed by atoms with Crippen LogP contribution < -0.4 is 5.32 Å². The Hall–Kier alpha value is -2.43. The first kappa shape index (κ1) is 9.77. The summed E-state index contributed by atoms with van der Waals surface area (Å²) in [5.41, 5.74) is 2.73. The predicted octanol–water partition coefficient (Wildman–Crippen LogP) is 2.40. The lowest BCUT2D eigenvalue weighted by atomic mass is 10.3. The van der Waals surface area contributed by atoms with Crippen molar-refractivity contribution < 1.29 is 0 Å². The molecule has 3 aromatic rings. The summed E-state index contributed by atoms with van der Waals surface area (Å²) < 4.78 is 0. The number of nitrogens with one attached hydrogen (secondary N) is 2. The monoisotopic (exact) mass is 225 g/mol. The molecule has 0 saturated heterocycles. The molecule has 0 bridgehead atoms. The van der Waals surface area contributed by atoms with Crippen molar-refractivity contribution in [3.63, 3.8) is 0 Å². The highest BCUT2D eigenvalue weighted by Crippen LogP contribution is 2.22. The summed E-state index contributed by atoms with van der Waals surface area (Å²) in [5.74, 6) is 0.596. The highest BCUT2D eigenvalue weighted by molar-refractivity contribution is 5.90. The van der Waals surface area contributed by atoms with E-state index in [9.17, 15) is 0 Å². The molecular weight excluding hydrogens is 214 g/mol. The van der Waals surface area contributed by atoms with Gasteiger partial charge in [0.15, 0.2) is 0 Å². The van der Waals surface area contributed by atoms with Crippen LogP contribution in [-0.4, -0.2) is 19.9 Å². The zero-order chi connectivity index (χ0) is 11.7. The molecule has 0 unspecified atom stereocenters. The number of hydrogen-bond acceptors (Lipinski definition) is 4. The van der Waals surface area contributed by atoms with Gasteiger partial charge in [0.1, 0.15) is 5.65 Å². The lowest BCUT2D eigenvalue weighted by Gasteiger charge is -2.05. The van der Waals surface area contributed by atoms with Crippen LogP contribution in [0.15, 0.2) is 36.8 Å². The third kappa shape index (κ3) is 1.82. The van der Waals surface area contributed by atoms with Gasteiger partial charge in [-0.05, 0) is 25.1 Å². The van der Waals surface area contributed by atoms with Gasteiger partial charge in [-0.15, -0.1) is 0 Å². The van der Waals surface area contributed by atoms with E-state index in [4.69, 9.17) is 0 Å². The number of rotatable bonds is 2. The van der Waals surface area contributed by atoms with Crippen molar-refractivity contribution >= 4 is 22.7 Å². The zero-order valence-electron chi connectivity index (χ0n) is 9.31.